The first-order valence-electron chi connectivity index (χ1n) is 8.80. The molecule has 1 aromatic heterocycles. The number of hydrogen-bond acceptors (Lipinski definition) is 5. The summed E-state index contributed by atoms with van der Waals surface area (Å²) in [6.07, 6.45) is 1.59. The van der Waals surface area contributed by atoms with Crippen molar-refractivity contribution in [2.75, 3.05) is 19.5 Å². The number of carbonyl (C=O) groups excluding carboxylic acids is 1. The fraction of sp³-hybridized carbons (Fsp3) is 0.190. The van der Waals surface area contributed by atoms with E-state index in [0.29, 0.717) is 17.1 Å². The van der Waals surface area contributed by atoms with Crippen molar-refractivity contribution in [3.05, 3.63) is 65.2 Å². The molecule has 1 N–H and O–H groups in total. The van der Waals surface area contributed by atoms with Crippen LogP contribution in [0.1, 0.15) is 21.6 Å². The van der Waals surface area contributed by atoms with Crippen molar-refractivity contribution in [2.24, 2.45) is 12.2 Å². The summed E-state index contributed by atoms with van der Waals surface area (Å²) in [6.45, 7) is 1.59. The molecule has 0 aliphatic rings. The highest BCUT2D eigenvalue weighted by Crippen LogP contribution is 2.32. The van der Waals surface area contributed by atoms with Crippen LogP contribution in [0.5, 0.6) is 5.75 Å². The minimum absolute atomic E-state index is 0.0904. The maximum Gasteiger partial charge on any atom is 0.262 e. The Hall–Kier alpha value is -3.68. The number of amides is 1. The highest BCUT2D eigenvalue weighted by molar-refractivity contribution is 6.07. The molecule has 0 saturated carbocycles. The van der Waals surface area contributed by atoms with Crippen LogP contribution in [0.15, 0.2) is 47.6 Å². The Kier molecular flexibility index (Phi) is 5.92. The number of aromatic nitrogens is 2. The highest BCUT2D eigenvalue weighted by atomic mass is 19.1. The summed E-state index contributed by atoms with van der Waals surface area (Å²) in [6, 6.07) is 12.9. The van der Waals surface area contributed by atoms with E-state index >= 15 is 0 Å². The molecule has 3 aromatic rings. The molecule has 0 atom stereocenters. The SMILES string of the molecule is CO/N=C/c1ccc(-c2ccc(OC)cc2NC(=O)c2c(C)nn(C)c2F)cc1. The molecule has 3 rings (SSSR count). The number of ether oxygens (including phenoxy) is 1. The second-order valence-electron chi connectivity index (χ2n) is 6.28. The fourth-order valence-corrected chi connectivity index (χ4v) is 2.94. The number of rotatable bonds is 6. The number of carbonyl (C=O) groups is 1. The van der Waals surface area contributed by atoms with E-state index in [9.17, 15) is 9.18 Å². The van der Waals surface area contributed by atoms with Crippen molar-refractivity contribution >= 4 is 17.8 Å². The van der Waals surface area contributed by atoms with E-state index in [4.69, 9.17) is 4.74 Å². The third kappa shape index (κ3) is 4.26. The van der Waals surface area contributed by atoms with E-state index in [1.165, 1.54) is 21.3 Å². The predicted molar refractivity (Wildman–Crippen MR) is 109 cm³/mol. The summed E-state index contributed by atoms with van der Waals surface area (Å²) in [4.78, 5) is 17.4. The normalized spacial score (nSPS) is 10.9. The van der Waals surface area contributed by atoms with E-state index in [1.54, 1.807) is 25.3 Å². The molecule has 1 amide bonds. The van der Waals surface area contributed by atoms with Gasteiger partial charge in [0.15, 0.2) is 0 Å². The highest BCUT2D eigenvalue weighted by Gasteiger charge is 2.21. The van der Waals surface area contributed by atoms with Gasteiger partial charge in [0, 0.05) is 18.7 Å². The molecule has 2 aromatic carbocycles. The first-order valence-corrected chi connectivity index (χ1v) is 8.80. The smallest absolute Gasteiger partial charge is 0.262 e. The Bertz CT molecular complexity index is 1060. The van der Waals surface area contributed by atoms with Crippen molar-refractivity contribution < 1.29 is 18.8 Å². The minimum atomic E-state index is -0.689. The summed E-state index contributed by atoms with van der Waals surface area (Å²) in [5.74, 6) is -0.700. The first kappa shape index (κ1) is 20.1. The van der Waals surface area contributed by atoms with Crippen LogP contribution in [0.2, 0.25) is 0 Å². The van der Waals surface area contributed by atoms with Crippen LogP contribution >= 0.6 is 0 Å². The molecule has 0 fully saturated rings. The lowest BCUT2D eigenvalue weighted by atomic mass is 10.0. The summed E-state index contributed by atoms with van der Waals surface area (Å²) in [5.41, 5.74) is 3.21. The summed E-state index contributed by atoms with van der Waals surface area (Å²) < 4.78 is 20.6. The molecule has 0 unspecified atom stereocenters. The second-order valence-corrected chi connectivity index (χ2v) is 6.28. The Morgan fingerprint density at radius 3 is 2.52 bits per heavy atom. The van der Waals surface area contributed by atoms with Crippen molar-refractivity contribution in [1.82, 2.24) is 9.78 Å². The molecule has 0 saturated heterocycles. The number of nitrogens with one attached hydrogen (secondary N) is 1. The number of hydrogen-bond donors (Lipinski definition) is 1. The average molecular weight is 396 g/mol. The van der Waals surface area contributed by atoms with Gasteiger partial charge in [-0.3, -0.25) is 4.79 Å². The zero-order valence-electron chi connectivity index (χ0n) is 16.6. The van der Waals surface area contributed by atoms with Gasteiger partial charge in [0.05, 0.1) is 24.7 Å². The van der Waals surface area contributed by atoms with Gasteiger partial charge in [-0.2, -0.15) is 9.49 Å². The molecule has 8 heteroatoms. The van der Waals surface area contributed by atoms with Gasteiger partial charge in [0.2, 0.25) is 5.95 Å². The molecule has 0 bridgehead atoms. The quantitative estimate of drug-likeness (QED) is 0.508. The number of methoxy groups -OCH3 is 1. The van der Waals surface area contributed by atoms with Crippen LogP contribution in [0.4, 0.5) is 10.1 Å². The monoisotopic (exact) mass is 396 g/mol. The van der Waals surface area contributed by atoms with Crippen LogP contribution in [0.3, 0.4) is 0 Å². The van der Waals surface area contributed by atoms with Crippen molar-refractivity contribution in [1.29, 1.82) is 0 Å². The van der Waals surface area contributed by atoms with E-state index in [2.05, 4.69) is 20.4 Å². The number of aryl methyl sites for hydroxylation is 2. The van der Waals surface area contributed by atoms with E-state index in [1.807, 2.05) is 30.3 Å². The molecule has 7 nitrogen and oxygen atoms in total. The number of benzene rings is 2. The van der Waals surface area contributed by atoms with Crippen molar-refractivity contribution in [3.8, 4) is 16.9 Å². The number of oxime groups is 1. The predicted octanol–water partition coefficient (Wildman–Crippen LogP) is 3.78. The topological polar surface area (TPSA) is 77.7 Å². The summed E-state index contributed by atoms with van der Waals surface area (Å²) in [5, 5.41) is 10.5. The molecule has 0 spiro atoms. The third-order valence-electron chi connectivity index (χ3n) is 4.38. The molecule has 0 aliphatic heterocycles. The Morgan fingerprint density at radius 1 is 1.21 bits per heavy atom. The van der Waals surface area contributed by atoms with Gasteiger partial charge in [-0.25, -0.2) is 4.68 Å². The lowest BCUT2D eigenvalue weighted by molar-refractivity contribution is 0.102. The van der Waals surface area contributed by atoms with Gasteiger partial charge in [-0.15, -0.1) is 0 Å². The molecular formula is C21H21FN4O3. The molecule has 29 heavy (non-hydrogen) atoms. The van der Waals surface area contributed by atoms with Crippen LogP contribution in [-0.4, -0.2) is 36.1 Å². The number of halogens is 1. The standard InChI is InChI=1S/C21H21FN4O3/c1-13-19(20(22)26(2)25-13)21(27)24-18-11-16(28-3)9-10-17(18)15-7-5-14(6-8-15)12-23-29-4/h5-12H,1-4H3,(H,24,27)/b23-12+. The molecule has 1 heterocycles. The Morgan fingerprint density at radius 2 is 1.93 bits per heavy atom. The Balaban J connectivity index is 1.97. The van der Waals surface area contributed by atoms with Crippen LogP contribution in [0, 0.1) is 12.9 Å². The van der Waals surface area contributed by atoms with Gasteiger partial charge in [0.25, 0.3) is 5.91 Å². The average Bonchev–Trinajstić information content (AvgIpc) is 2.98. The second kappa shape index (κ2) is 8.55. The van der Waals surface area contributed by atoms with E-state index < -0.39 is 11.9 Å². The maximum absolute atomic E-state index is 14.3. The molecular weight excluding hydrogens is 375 g/mol. The van der Waals surface area contributed by atoms with Crippen molar-refractivity contribution in [2.45, 2.75) is 6.92 Å². The zero-order valence-corrected chi connectivity index (χ0v) is 16.6. The lowest BCUT2D eigenvalue weighted by Crippen LogP contribution is -2.15. The number of nitrogens with zero attached hydrogens (tertiary/aromatic N) is 3. The number of anilines is 1. The maximum atomic E-state index is 14.3. The van der Waals surface area contributed by atoms with Crippen molar-refractivity contribution in [3.63, 3.8) is 0 Å². The largest absolute Gasteiger partial charge is 0.497 e. The minimum Gasteiger partial charge on any atom is -0.497 e. The third-order valence-corrected chi connectivity index (χ3v) is 4.38. The van der Waals surface area contributed by atoms with Crippen LogP contribution in [0.25, 0.3) is 11.1 Å². The Labute approximate surface area is 167 Å². The van der Waals surface area contributed by atoms with Gasteiger partial charge < -0.3 is 14.9 Å². The van der Waals surface area contributed by atoms with Gasteiger partial charge in [0.1, 0.15) is 18.4 Å². The summed E-state index contributed by atoms with van der Waals surface area (Å²) in [7, 11) is 4.46. The van der Waals surface area contributed by atoms with E-state index in [-0.39, 0.29) is 5.56 Å². The van der Waals surface area contributed by atoms with Crippen LogP contribution < -0.4 is 10.1 Å². The van der Waals surface area contributed by atoms with Crippen LogP contribution in [-0.2, 0) is 11.9 Å². The van der Waals surface area contributed by atoms with Gasteiger partial charge in [-0.05, 0) is 30.2 Å². The van der Waals surface area contributed by atoms with Gasteiger partial charge in [-0.1, -0.05) is 29.4 Å². The molecule has 0 aliphatic carbocycles. The molecule has 150 valence electrons. The molecule has 0 radical (unpaired) electrons. The van der Waals surface area contributed by atoms with E-state index in [0.717, 1.165) is 21.4 Å². The zero-order chi connectivity index (χ0) is 21.0. The summed E-state index contributed by atoms with van der Waals surface area (Å²) >= 11 is 0. The first-order chi connectivity index (χ1) is 13.9. The lowest BCUT2D eigenvalue weighted by Gasteiger charge is -2.13. The fourth-order valence-electron chi connectivity index (χ4n) is 2.94. The van der Waals surface area contributed by atoms with Gasteiger partial charge >= 0.3 is 0 Å².